The van der Waals surface area contributed by atoms with Crippen LogP contribution in [0, 0.1) is 0 Å². The molecule has 0 spiro atoms. The van der Waals surface area contributed by atoms with Gasteiger partial charge in [0.25, 0.3) is 5.91 Å². The second-order valence-electron chi connectivity index (χ2n) is 6.49. The number of fused-ring (bicyclic) bond motifs is 1. The predicted molar refractivity (Wildman–Crippen MR) is 101 cm³/mol. The van der Waals surface area contributed by atoms with Crippen LogP contribution in [-0.4, -0.2) is 58.9 Å². The Balaban J connectivity index is 0.00000300. The van der Waals surface area contributed by atoms with E-state index in [1.807, 2.05) is 11.4 Å². The quantitative estimate of drug-likeness (QED) is 0.208. The molecule has 2 aliphatic heterocycles. The molecule has 2 atom stereocenters. The molecule has 2 amide bonds. The molecule has 1 fully saturated rings. The molecule has 3 heterocycles. The number of carbonyl (C=O) groups excluding carboxylic acids is 3. The molecule has 29 heavy (non-hydrogen) atoms. The van der Waals surface area contributed by atoms with Gasteiger partial charge in [-0.15, -0.1) is 23.1 Å². The molecule has 0 saturated carbocycles. The van der Waals surface area contributed by atoms with Gasteiger partial charge in [0.05, 0.1) is 6.42 Å². The summed E-state index contributed by atoms with van der Waals surface area (Å²) in [5.41, 5.74) is -1.28. The summed E-state index contributed by atoms with van der Waals surface area (Å²) in [6.07, 6.45) is 0.0954. The van der Waals surface area contributed by atoms with Crippen molar-refractivity contribution in [2.24, 2.45) is 0 Å². The number of hydrogen-bond acceptors (Lipinski definition) is 9. The average Bonchev–Trinajstić information content (AvgIpc) is 3.10. The fourth-order valence-corrected chi connectivity index (χ4v) is 6.31. The summed E-state index contributed by atoms with van der Waals surface area (Å²) in [4.78, 5) is 37.8. The van der Waals surface area contributed by atoms with E-state index in [0.29, 0.717) is 0 Å². The van der Waals surface area contributed by atoms with Gasteiger partial charge in [-0.05, 0) is 18.4 Å². The van der Waals surface area contributed by atoms with Gasteiger partial charge in [-0.1, -0.05) is 6.07 Å². The van der Waals surface area contributed by atoms with Crippen LogP contribution in [0.2, 0.25) is 0 Å². The summed E-state index contributed by atoms with van der Waals surface area (Å²) in [6.45, 7) is 2.26. The third kappa shape index (κ3) is 4.89. The molecule has 3 rings (SSSR count). The Morgan fingerprint density at radius 2 is 2.14 bits per heavy atom. The smallest absolute Gasteiger partial charge is 0.743 e. The fourth-order valence-electron chi connectivity index (χ4n) is 3.12. The predicted octanol–water partition coefficient (Wildman–Crippen LogP) is -2.60. The van der Waals surface area contributed by atoms with Crippen molar-refractivity contribution in [3.63, 3.8) is 0 Å². The Labute approximate surface area is 198 Å². The molecule has 0 aliphatic carbocycles. The molecule has 13 heteroatoms. The fraction of sp³-hybridized carbons (Fsp3) is 0.438. The van der Waals surface area contributed by atoms with Gasteiger partial charge in [0.1, 0.15) is 32.7 Å². The maximum Gasteiger partial charge on any atom is 1.00 e. The molecule has 0 bridgehead atoms. The Bertz CT molecular complexity index is 961. The minimum atomic E-state index is -4.99. The first kappa shape index (κ1) is 24.4. The maximum atomic E-state index is 12.8. The van der Waals surface area contributed by atoms with Gasteiger partial charge in [-0.25, -0.2) is 8.42 Å². The first-order valence-corrected chi connectivity index (χ1v) is 11.5. The number of thioether (sulfide) groups is 1. The monoisotopic (exact) mass is 468 g/mol. The number of β-lactam (4-membered cyclic amide) rings is 1. The number of nitrogens with zero attached hydrogens (tertiary/aromatic N) is 1. The minimum absolute atomic E-state index is 0. The zero-order valence-corrected chi connectivity index (χ0v) is 20.4. The average molecular weight is 469 g/mol. The van der Waals surface area contributed by atoms with Gasteiger partial charge in [0, 0.05) is 23.1 Å². The van der Waals surface area contributed by atoms with Crippen molar-refractivity contribution in [2.75, 3.05) is 12.4 Å². The van der Waals surface area contributed by atoms with Crippen molar-refractivity contribution >= 4 is 51.0 Å². The van der Waals surface area contributed by atoms with Crippen LogP contribution in [0.3, 0.4) is 0 Å². The molecule has 2 aliphatic rings. The topological polar surface area (TPSA) is 133 Å². The van der Waals surface area contributed by atoms with Gasteiger partial charge in [0.2, 0.25) is 5.91 Å². The molecule has 0 radical (unpaired) electrons. The SMILES string of the molecule is CC(=O)OCC1=C(S(=O)(=O)[O-])N2C(=O)[C@@](C)(NC(=O)Cc3cccs3)[C@@H]2SC1.[Na+]. The number of rotatable bonds is 6. The number of hydrogen-bond donors (Lipinski definition) is 1. The third-order valence-electron chi connectivity index (χ3n) is 4.33. The summed E-state index contributed by atoms with van der Waals surface area (Å²) in [6, 6.07) is 3.60. The molecule has 0 aromatic carbocycles. The first-order valence-electron chi connectivity index (χ1n) is 8.14. The maximum absolute atomic E-state index is 12.8. The summed E-state index contributed by atoms with van der Waals surface area (Å²) in [5, 5.41) is 3.07. The molecule has 1 aromatic heterocycles. The van der Waals surface area contributed by atoms with Crippen molar-refractivity contribution < 1.29 is 61.6 Å². The van der Waals surface area contributed by atoms with Gasteiger partial charge < -0.3 is 14.6 Å². The number of ether oxygens (including phenoxy) is 1. The molecular weight excluding hydrogens is 451 g/mol. The Kier molecular flexibility index (Phi) is 7.64. The van der Waals surface area contributed by atoms with Crippen LogP contribution >= 0.6 is 23.1 Å². The molecule has 152 valence electrons. The van der Waals surface area contributed by atoms with E-state index in [0.717, 1.165) is 16.7 Å². The van der Waals surface area contributed by atoms with E-state index in [2.05, 4.69) is 5.32 Å². The molecule has 1 saturated heterocycles. The number of thiophene rings is 1. The van der Waals surface area contributed by atoms with E-state index in [1.165, 1.54) is 30.0 Å². The second kappa shape index (κ2) is 9.08. The summed E-state index contributed by atoms with van der Waals surface area (Å²) in [5.74, 6) is -1.63. The van der Waals surface area contributed by atoms with Crippen molar-refractivity contribution in [2.45, 2.75) is 31.2 Å². The molecule has 1 N–H and O–H groups in total. The molecule has 9 nitrogen and oxygen atoms in total. The standard InChI is InChI=1S/C16H18N2O7S3.Na/c1-9(19)25-7-10-8-27-15-16(2,14(21)18(15)13(10)28(22,23)24)17-12(20)6-11-4-3-5-26-11;/h3-5,15H,6-8H2,1-2H3,(H,17,20)(H,22,23,24);/q;+1/p-1/t15-,16+;/m0./s1. The van der Waals surface area contributed by atoms with Crippen LogP contribution in [0.1, 0.15) is 18.7 Å². The van der Waals surface area contributed by atoms with Crippen LogP contribution in [-0.2, 0) is 35.7 Å². The van der Waals surface area contributed by atoms with E-state index in [-0.39, 0.29) is 53.2 Å². The Morgan fingerprint density at radius 3 is 2.69 bits per heavy atom. The number of nitrogens with one attached hydrogen (secondary N) is 1. The number of carbonyl (C=O) groups is 3. The summed E-state index contributed by atoms with van der Waals surface area (Å²) in [7, 11) is -4.99. The van der Waals surface area contributed by atoms with E-state index < -0.39 is 44.5 Å². The van der Waals surface area contributed by atoms with Gasteiger partial charge in [-0.2, -0.15) is 0 Å². The van der Waals surface area contributed by atoms with Crippen LogP contribution in [0.4, 0.5) is 0 Å². The van der Waals surface area contributed by atoms with Gasteiger partial charge in [0.15, 0.2) is 0 Å². The molecular formula is C16H17N2NaO7S3. The minimum Gasteiger partial charge on any atom is -0.743 e. The van der Waals surface area contributed by atoms with E-state index in [1.54, 1.807) is 6.07 Å². The number of amides is 2. The van der Waals surface area contributed by atoms with Crippen molar-refractivity contribution in [1.82, 2.24) is 10.2 Å². The normalized spacial score (nSPS) is 23.6. The van der Waals surface area contributed by atoms with Crippen LogP contribution in [0.15, 0.2) is 28.1 Å². The second-order valence-corrected chi connectivity index (χ2v) is 9.88. The Hall–Kier alpha value is -0.890. The van der Waals surface area contributed by atoms with E-state index in [9.17, 15) is 27.4 Å². The Morgan fingerprint density at radius 1 is 1.45 bits per heavy atom. The summed E-state index contributed by atoms with van der Waals surface area (Å²) >= 11 is 2.60. The third-order valence-corrected chi connectivity index (χ3v) is 7.68. The largest absolute Gasteiger partial charge is 1.00 e. The first-order chi connectivity index (χ1) is 13.0. The van der Waals surface area contributed by atoms with Crippen LogP contribution in [0.25, 0.3) is 0 Å². The summed E-state index contributed by atoms with van der Waals surface area (Å²) < 4.78 is 40.1. The zero-order valence-electron chi connectivity index (χ0n) is 16.0. The van der Waals surface area contributed by atoms with E-state index in [4.69, 9.17) is 4.74 Å². The van der Waals surface area contributed by atoms with Crippen LogP contribution < -0.4 is 34.9 Å². The van der Waals surface area contributed by atoms with Crippen molar-refractivity contribution in [3.8, 4) is 0 Å². The number of esters is 1. The molecule has 0 unspecified atom stereocenters. The zero-order chi connectivity index (χ0) is 20.7. The molecule has 1 aromatic rings. The van der Waals surface area contributed by atoms with Gasteiger partial charge >= 0.3 is 35.5 Å². The van der Waals surface area contributed by atoms with Crippen molar-refractivity contribution in [3.05, 3.63) is 33.0 Å². The van der Waals surface area contributed by atoms with Crippen LogP contribution in [0.5, 0.6) is 0 Å². The van der Waals surface area contributed by atoms with E-state index >= 15 is 0 Å². The van der Waals surface area contributed by atoms with Gasteiger partial charge in [-0.3, -0.25) is 19.3 Å². The van der Waals surface area contributed by atoms with Crippen molar-refractivity contribution in [1.29, 1.82) is 0 Å².